The SMILES string of the molecule is CN1CCC(n2cc(-c3ccc4cnc(CC(=O)c5ccc(OC(F)F)cc5)cc4c3)cn2)CC1. The van der Waals surface area contributed by atoms with E-state index in [0.717, 1.165) is 47.8 Å². The van der Waals surface area contributed by atoms with Crippen LogP contribution >= 0.6 is 0 Å². The third-order valence-corrected chi connectivity index (χ3v) is 6.52. The second-order valence-corrected chi connectivity index (χ2v) is 8.98. The number of ketones is 1. The molecule has 8 heteroatoms. The maximum Gasteiger partial charge on any atom is 0.387 e. The number of hydrogen-bond acceptors (Lipinski definition) is 5. The van der Waals surface area contributed by atoms with Crippen molar-refractivity contribution >= 4 is 16.6 Å². The largest absolute Gasteiger partial charge is 0.435 e. The monoisotopic (exact) mass is 476 g/mol. The molecule has 0 bridgehead atoms. The Morgan fingerprint density at radius 2 is 1.80 bits per heavy atom. The molecule has 1 aliphatic heterocycles. The van der Waals surface area contributed by atoms with E-state index in [0.29, 0.717) is 17.3 Å². The van der Waals surface area contributed by atoms with Gasteiger partial charge in [0.1, 0.15) is 5.75 Å². The van der Waals surface area contributed by atoms with Gasteiger partial charge in [-0.2, -0.15) is 13.9 Å². The van der Waals surface area contributed by atoms with E-state index in [1.54, 1.807) is 6.20 Å². The number of pyridine rings is 1. The lowest BCUT2D eigenvalue weighted by Gasteiger charge is -2.28. The molecule has 0 saturated carbocycles. The van der Waals surface area contributed by atoms with Crippen LogP contribution in [0.3, 0.4) is 0 Å². The van der Waals surface area contributed by atoms with Crippen LogP contribution in [0.25, 0.3) is 21.9 Å². The van der Waals surface area contributed by atoms with Crippen LogP contribution < -0.4 is 4.74 Å². The molecule has 5 rings (SSSR count). The average Bonchev–Trinajstić information content (AvgIpc) is 3.34. The van der Waals surface area contributed by atoms with Crippen molar-refractivity contribution in [3.63, 3.8) is 0 Å². The summed E-state index contributed by atoms with van der Waals surface area (Å²) < 4.78 is 31.1. The molecule has 35 heavy (non-hydrogen) atoms. The molecule has 0 radical (unpaired) electrons. The van der Waals surface area contributed by atoms with Crippen molar-refractivity contribution in [3.8, 4) is 16.9 Å². The van der Waals surface area contributed by atoms with Gasteiger partial charge >= 0.3 is 6.61 Å². The molecule has 0 unspecified atom stereocenters. The Morgan fingerprint density at radius 3 is 2.54 bits per heavy atom. The highest BCUT2D eigenvalue weighted by molar-refractivity contribution is 5.98. The number of Topliss-reactive ketones (excluding diaryl/α,β-unsaturated/α-hetero) is 1. The summed E-state index contributed by atoms with van der Waals surface area (Å²) in [6.07, 6.45) is 8.10. The van der Waals surface area contributed by atoms with E-state index in [9.17, 15) is 13.6 Å². The van der Waals surface area contributed by atoms with Crippen LogP contribution in [0.5, 0.6) is 5.75 Å². The van der Waals surface area contributed by atoms with Crippen LogP contribution in [-0.2, 0) is 6.42 Å². The highest BCUT2D eigenvalue weighted by Crippen LogP contribution is 2.28. The van der Waals surface area contributed by atoms with E-state index >= 15 is 0 Å². The Bertz CT molecular complexity index is 1330. The number of piperidine rings is 1. The Balaban J connectivity index is 1.32. The number of ether oxygens (including phenoxy) is 1. The molecule has 0 aliphatic carbocycles. The zero-order valence-electron chi connectivity index (χ0n) is 19.4. The first kappa shape index (κ1) is 23.1. The Kier molecular flexibility index (Phi) is 6.55. The molecule has 0 N–H and O–H groups in total. The number of carbonyl (C=O) groups excluding carboxylic acids is 1. The molecule has 0 amide bonds. The van der Waals surface area contributed by atoms with Crippen LogP contribution in [0.15, 0.2) is 67.1 Å². The zero-order chi connectivity index (χ0) is 24.4. The summed E-state index contributed by atoms with van der Waals surface area (Å²) in [6, 6.07) is 14.2. The smallest absolute Gasteiger partial charge is 0.387 e. The van der Waals surface area contributed by atoms with Crippen molar-refractivity contribution in [2.45, 2.75) is 31.9 Å². The van der Waals surface area contributed by atoms with Crippen LogP contribution in [0, 0.1) is 0 Å². The third-order valence-electron chi connectivity index (χ3n) is 6.52. The minimum absolute atomic E-state index is 0.0204. The van der Waals surface area contributed by atoms with Crippen molar-refractivity contribution in [2.24, 2.45) is 0 Å². The van der Waals surface area contributed by atoms with Gasteiger partial charge in [0.15, 0.2) is 5.78 Å². The Labute approximate surface area is 202 Å². The van der Waals surface area contributed by atoms with Gasteiger partial charge < -0.3 is 9.64 Å². The molecule has 4 aromatic rings. The van der Waals surface area contributed by atoms with Crippen molar-refractivity contribution in [1.82, 2.24) is 19.7 Å². The minimum atomic E-state index is -2.90. The zero-order valence-corrected chi connectivity index (χ0v) is 19.4. The summed E-state index contributed by atoms with van der Waals surface area (Å²) in [4.78, 5) is 19.5. The molecule has 2 aromatic heterocycles. The summed E-state index contributed by atoms with van der Waals surface area (Å²) in [5.74, 6) is -0.122. The fourth-order valence-corrected chi connectivity index (χ4v) is 4.50. The number of nitrogens with zero attached hydrogens (tertiary/aromatic N) is 4. The molecule has 1 fully saturated rings. The number of likely N-dealkylation sites (tertiary alicyclic amines) is 1. The van der Waals surface area contributed by atoms with E-state index in [1.165, 1.54) is 24.3 Å². The number of halogens is 2. The lowest BCUT2D eigenvalue weighted by molar-refractivity contribution is -0.0498. The van der Waals surface area contributed by atoms with E-state index in [1.807, 2.05) is 18.3 Å². The molecular formula is C27H26F2N4O2. The predicted molar refractivity (Wildman–Crippen MR) is 130 cm³/mol. The van der Waals surface area contributed by atoms with Gasteiger partial charge in [-0.15, -0.1) is 0 Å². The number of hydrogen-bond donors (Lipinski definition) is 0. The number of carbonyl (C=O) groups is 1. The van der Waals surface area contributed by atoms with Crippen molar-refractivity contribution < 1.29 is 18.3 Å². The number of aromatic nitrogens is 3. The molecule has 3 heterocycles. The first-order valence-electron chi connectivity index (χ1n) is 11.6. The van der Waals surface area contributed by atoms with E-state index in [-0.39, 0.29) is 18.0 Å². The Hall–Kier alpha value is -3.65. The van der Waals surface area contributed by atoms with E-state index in [2.05, 4.69) is 49.8 Å². The van der Waals surface area contributed by atoms with Crippen LogP contribution in [0.1, 0.15) is 34.9 Å². The molecule has 0 spiro atoms. The normalized spacial score (nSPS) is 15.1. The topological polar surface area (TPSA) is 60.2 Å². The minimum Gasteiger partial charge on any atom is -0.435 e. The highest BCUT2D eigenvalue weighted by Gasteiger charge is 2.19. The summed E-state index contributed by atoms with van der Waals surface area (Å²) >= 11 is 0. The number of rotatable bonds is 7. The summed E-state index contributed by atoms with van der Waals surface area (Å²) in [5, 5.41) is 6.61. The van der Waals surface area contributed by atoms with Crippen LogP contribution in [0.2, 0.25) is 0 Å². The van der Waals surface area contributed by atoms with Gasteiger partial charge in [0, 0.05) is 34.6 Å². The molecule has 1 aliphatic rings. The molecule has 6 nitrogen and oxygen atoms in total. The maximum atomic E-state index is 12.7. The van der Waals surface area contributed by atoms with Gasteiger partial charge in [-0.05, 0) is 80.3 Å². The van der Waals surface area contributed by atoms with Crippen molar-refractivity contribution in [3.05, 3.63) is 78.4 Å². The van der Waals surface area contributed by atoms with Crippen LogP contribution in [0.4, 0.5) is 8.78 Å². The van der Waals surface area contributed by atoms with Crippen molar-refractivity contribution in [2.75, 3.05) is 20.1 Å². The highest BCUT2D eigenvalue weighted by atomic mass is 19.3. The quantitative estimate of drug-likeness (QED) is 0.335. The van der Waals surface area contributed by atoms with E-state index in [4.69, 9.17) is 0 Å². The lowest BCUT2D eigenvalue weighted by Crippen LogP contribution is -2.31. The van der Waals surface area contributed by atoms with Crippen molar-refractivity contribution in [1.29, 1.82) is 0 Å². The predicted octanol–water partition coefficient (Wildman–Crippen LogP) is 5.39. The van der Waals surface area contributed by atoms with Gasteiger partial charge in [0.2, 0.25) is 0 Å². The number of alkyl halides is 2. The van der Waals surface area contributed by atoms with Gasteiger partial charge in [-0.25, -0.2) is 0 Å². The lowest BCUT2D eigenvalue weighted by atomic mass is 10.0. The molecular weight excluding hydrogens is 450 g/mol. The average molecular weight is 477 g/mol. The third kappa shape index (κ3) is 5.38. The summed E-state index contributed by atoms with van der Waals surface area (Å²) in [5.41, 5.74) is 3.19. The van der Waals surface area contributed by atoms with Gasteiger partial charge in [-0.3, -0.25) is 14.5 Å². The molecule has 180 valence electrons. The number of fused-ring (bicyclic) bond motifs is 1. The maximum absolute atomic E-state index is 12.7. The summed E-state index contributed by atoms with van der Waals surface area (Å²) in [7, 11) is 2.15. The molecule has 2 aromatic carbocycles. The molecule has 1 saturated heterocycles. The number of benzene rings is 2. The van der Waals surface area contributed by atoms with Crippen LogP contribution in [-0.4, -0.2) is 52.2 Å². The fourth-order valence-electron chi connectivity index (χ4n) is 4.50. The second kappa shape index (κ2) is 9.92. The molecule has 0 atom stereocenters. The first-order chi connectivity index (χ1) is 16.9. The second-order valence-electron chi connectivity index (χ2n) is 8.98. The summed E-state index contributed by atoms with van der Waals surface area (Å²) in [6.45, 7) is -0.734. The first-order valence-corrected chi connectivity index (χ1v) is 11.6. The van der Waals surface area contributed by atoms with E-state index < -0.39 is 6.61 Å². The fraction of sp³-hybridized carbons (Fsp3) is 0.296. The van der Waals surface area contributed by atoms with Gasteiger partial charge in [-0.1, -0.05) is 12.1 Å². The van der Waals surface area contributed by atoms with Gasteiger partial charge in [0.05, 0.1) is 18.7 Å². The standard InChI is InChI=1S/C27H26F2N4O2/c1-32-10-8-24(9-11-32)33-17-22(16-31-33)19-2-3-20-15-30-23(13-21(20)12-19)14-26(34)18-4-6-25(7-5-18)35-27(28)29/h2-7,12-13,15-17,24,27H,8-11,14H2,1H3. The Morgan fingerprint density at radius 1 is 1.03 bits per heavy atom. The van der Waals surface area contributed by atoms with Gasteiger partial charge in [0.25, 0.3) is 0 Å².